The van der Waals surface area contributed by atoms with Crippen molar-refractivity contribution in [2.45, 2.75) is 10.0 Å². The average molecular weight is 574 g/mol. The minimum Gasteiger partial charge on any atom is -1.00 e. The second-order valence-electron chi connectivity index (χ2n) is 8.36. The summed E-state index contributed by atoms with van der Waals surface area (Å²) >= 11 is -0.881. The SMILES string of the molecule is C1=CCC(c2cccc3c2[CH]([Zr+2][Si](c2ccccc2)c2ccccc2)c2ccccc2-3)=C1.[Cl-].[Cl-]. The summed E-state index contributed by atoms with van der Waals surface area (Å²) in [5, 5.41) is 3.14. The molecule has 2 aliphatic rings. The van der Waals surface area contributed by atoms with Crippen LogP contribution >= 0.6 is 0 Å². The topological polar surface area (TPSA) is 0 Å². The summed E-state index contributed by atoms with van der Waals surface area (Å²) in [6, 6.07) is 38.9. The molecule has 1 radical (unpaired) electrons. The van der Waals surface area contributed by atoms with Crippen LogP contribution in [-0.4, -0.2) is 5.92 Å². The molecule has 6 rings (SSSR count). The van der Waals surface area contributed by atoms with E-state index < -0.39 is 28.3 Å². The number of hydrogen-bond acceptors (Lipinski definition) is 0. The molecule has 34 heavy (non-hydrogen) atoms. The molecule has 0 bridgehead atoms. The maximum atomic E-state index is 2.40. The number of hydrogen-bond donors (Lipinski definition) is 0. The molecule has 4 aromatic carbocycles. The average Bonchev–Trinajstić information content (AvgIpc) is 3.51. The third-order valence-corrected chi connectivity index (χ3v) is 18.9. The van der Waals surface area contributed by atoms with Crippen LogP contribution < -0.4 is 35.2 Å². The molecule has 0 saturated carbocycles. The summed E-state index contributed by atoms with van der Waals surface area (Å²) in [6.07, 6.45) is 7.88. The molecule has 0 amide bonds. The van der Waals surface area contributed by atoms with Crippen molar-refractivity contribution in [1.29, 1.82) is 0 Å². The van der Waals surface area contributed by atoms with Crippen LogP contribution in [0.25, 0.3) is 16.7 Å². The van der Waals surface area contributed by atoms with Gasteiger partial charge in [0.15, 0.2) is 0 Å². The van der Waals surface area contributed by atoms with E-state index in [-0.39, 0.29) is 24.8 Å². The van der Waals surface area contributed by atoms with Crippen molar-refractivity contribution >= 4 is 21.9 Å². The number of halogens is 2. The zero-order valence-corrected chi connectivity index (χ0v) is 23.6. The Balaban J connectivity index is 0.00000137. The van der Waals surface area contributed by atoms with Gasteiger partial charge in [-0.25, -0.2) is 0 Å². The van der Waals surface area contributed by atoms with E-state index in [1.165, 1.54) is 22.3 Å². The van der Waals surface area contributed by atoms with E-state index >= 15 is 0 Å². The quantitative estimate of drug-likeness (QED) is 0.295. The van der Waals surface area contributed by atoms with Crippen LogP contribution in [0.15, 0.2) is 121 Å². The van der Waals surface area contributed by atoms with Crippen molar-refractivity contribution in [2.75, 3.05) is 0 Å². The van der Waals surface area contributed by atoms with E-state index in [2.05, 4.69) is 121 Å². The van der Waals surface area contributed by atoms with Gasteiger partial charge in [-0.3, -0.25) is 0 Å². The van der Waals surface area contributed by atoms with Gasteiger partial charge < -0.3 is 24.8 Å². The molecule has 4 aromatic rings. The van der Waals surface area contributed by atoms with Crippen molar-refractivity contribution in [3.63, 3.8) is 0 Å². The molecule has 0 N–H and O–H groups in total. The van der Waals surface area contributed by atoms with Gasteiger partial charge in [0.1, 0.15) is 0 Å². The molecule has 0 nitrogen and oxygen atoms in total. The maximum absolute atomic E-state index is 2.40. The number of allylic oxidation sites excluding steroid dienone is 4. The van der Waals surface area contributed by atoms with Crippen LogP contribution in [-0.2, 0) is 22.4 Å². The predicted molar refractivity (Wildman–Crippen MR) is 133 cm³/mol. The molecule has 0 fully saturated rings. The summed E-state index contributed by atoms with van der Waals surface area (Å²) in [5.41, 5.74) is 9.08. The first-order chi connectivity index (χ1) is 15.9. The van der Waals surface area contributed by atoms with Gasteiger partial charge in [-0.2, -0.15) is 0 Å². The molecule has 0 spiro atoms. The Morgan fingerprint density at radius 2 is 1.21 bits per heavy atom. The van der Waals surface area contributed by atoms with Crippen LogP contribution in [0.3, 0.4) is 0 Å². The molecule has 0 heterocycles. The summed E-state index contributed by atoms with van der Waals surface area (Å²) in [4.78, 5) is 0. The smallest absolute Gasteiger partial charge is 1.00 e. The van der Waals surface area contributed by atoms with Gasteiger partial charge in [0.05, 0.1) is 0 Å². The van der Waals surface area contributed by atoms with Gasteiger partial charge in [-0.1, -0.05) is 0 Å². The van der Waals surface area contributed by atoms with Crippen molar-refractivity contribution in [2.24, 2.45) is 0 Å². The Bertz CT molecular complexity index is 1290. The summed E-state index contributed by atoms with van der Waals surface area (Å²) in [6.45, 7) is 0. The number of fused-ring (bicyclic) bond motifs is 3. The van der Waals surface area contributed by atoms with Gasteiger partial charge >= 0.3 is 203 Å². The first-order valence-electron chi connectivity index (χ1n) is 11.2. The zero-order valence-electron chi connectivity index (χ0n) is 18.6. The standard InChI is InChI=1S/C18H13.C12H10Si.2ClH.Zr/c1-2-7-13(6-1)15-10-5-11-17-16-9-4-3-8-14(16)12-18(15)17;1-3-7-11(8-4-1)13-12-9-5-2-6-10-12;;;/h1-6,8-12H,7H2;1-10H;2*1H;/q;;;;+2/p-2. The summed E-state index contributed by atoms with van der Waals surface area (Å²) in [7, 11) is 0. The Hall–Kier alpha value is -1.96. The molecule has 2 aliphatic carbocycles. The van der Waals surface area contributed by atoms with Crippen LogP contribution in [0.5, 0.6) is 0 Å². The first kappa shape index (κ1) is 25.1. The zero-order chi connectivity index (χ0) is 21.3. The summed E-state index contributed by atoms with van der Waals surface area (Å²) < 4.78 is 0.594. The Labute approximate surface area is 226 Å². The minimum absolute atomic E-state index is 0. The van der Waals surface area contributed by atoms with Crippen molar-refractivity contribution in [3.05, 3.63) is 138 Å². The molecule has 165 valence electrons. The Kier molecular flexibility index (Phi) is 8.27. The van der Waals surface area contributed by atoms with E-state index in [9.17, 15) is 0 Å². The van der Waals surface area contributed by atoms with E-state index in [1.807, 2.05) is 0 Å². The van der Waals surface area contributed by atoms with E-state index in [0.717, 1.165) is 6.42 Å². The van der Waals surface area contributed by atoms with Crippen LogP contribution in [0, 0.1) is 0 Å². The monoisotopic (exact) mass is 571 g/mol. The fourth-order valence-electron chi connectivity index (χ4n) is 5.02. The van der Waals surface area contributed by atoms with Crippen molar-refractivity contribution in [3.8, 4) is 11.1 Å². The molecular weight excluding hydrogens is 551 g/mol. The molecular formula is C30H23Cl2SiZr. The van der Waals surface area contributed by atoms with Crippen molar-refractivity contribution in [1.82, 2.24) is 0 Å². The molecule has 1 unspecified atom stereocenters. The van der Waals surface area contributed by atoms with Crippen LogP contribution in [0.4, 0.5) is 0 Å². The largest absolute Gasteiger partial charge is 1.00 e. The summed E-state index contributed by atoms with van der Waals surface area (Å²) in [5.74, 6) is -0.770. The van der Waals surface area contributed by atoms with Crippen molar-refractivity contribution < 1.29 is 47.2 Å². The number of benzene rings is 4. The van der Waals surface area contributed by atoms with Gasteiger partial charge in [0.25, 0.3) is 0 Å². The van der Waals surface area contributed by atoms with Gasteiger partial charge in [0, 0.05) is 0 Å². The predicted octanol–water partition coefficient (Wildman–Crippen LogP) is -0.00390. The molecule has 1 atom stereocenters. The second kappa shape index (κ2) is 11.2. The van der Waals surface area contributed by atoms with Crippen LogP contribution in [0.1, 0.15) is 26.7 Å². The molecule has 0 saturated heterocycles. The van der Waals surface area contributed by atoms with E-state index in [1.54, 1.807) is 21.5 Å². The van der Waals surface area contributed by atoms with Gasteiger partial charge in [0.2, 0.25) is 0 Å². The third-order valence-electron chi connectivity index (χ3n) is 6.49. The molecule has 0 aromatic heterocycles. The van der Waals surface area contributed by atoms with Gasteiger partial charge in [-0.15, -0.1) is 0 Å². The fourth-order valence-corrected chi connectivity index (χ4v) is 18.0. The molecule has 0 aliphatic heterocycles. The second-order valence-corrected chi connectivity index (χ2v) is 17.8. The third kappa shape index (κ3) is 4.62. The first-order valence-corrected chi connectivity index (χ1v) is 17.8. The maximum Gasteiger partial charge on any atom is -1.00 e. The van der Waals surface area contributed by atoms with Gasteiger partial charge in [-0.05, 0) is 0 Å². The van der Waals surface area contributed by atoms with E-state index in [4.69, 9.17) is 0 Å². The number of rotatable bonds is 5. The van der Waals surface area contributed by atoms with E-state index in [0.29, 0.717) is 3.63 Å². The Morgan fingerprint density at radius 3 is 1.85 bits per heavy atom. The minimum atomic E-state index is -0.881. The Morgan fingerprint density at radius 1 is 0.618 bits per heavy atom. The fraction of sp³-hybridized carbons (Fsp3) is 0.0667. The normalized spacial score (nSPS) is 15.0. The van der Waals surface area contributed by atoms with Crippen LogP contribution in [0.2, 0.25) is 0 Å². The molecule has 4 heteroatoms.